The number of hydrogen-bond acceptors (Lipinski definition) is 7. The van der Waals surface area contributed by atoms with Crippen LogP contribution in [0.3, 0.4) is 0 Å². The van der Waals surface area contributed by atoms with Crippen molar-refractivity contribution >= 4 is 27.0 Å². The molecule has 2 saturated heterocycles. The van der Waals surface area contributed by atoms with Gasteiger partial charge in [-0.2, -0.15) is 4.31 Å². The van der Waals surface area contributed by atoms with Crippen molar-refractivity contribution in [1.82, 2.24) is 13.8 Å². The fourth-order valence-electron chi connectivity index (χ4n) is 6.16. The zero-order valence-corrected chi connectivity index (χ0v) is 27.5. The minimum atomic E-state index is -3.55. The van der Waals surface area contributed by atoms with Gasteiger partial charge < -0.3 is 14.0 Å². The normalized spacial score (nSPS) is 17.5. The molecule has 2 aliphatic heterocycles. The highest BCUT2D eigenvalue weighted by Gasteiger charge is 2.29. The fraction of sp³-hybridized carbons (Fsp3) is 0.400. The molecule has 8 nitrogen and oxygen atoms in total. The number of thiazole rings is 1. The van der Waals surface area contributed by atoms with Crippen molar-refractivity contribution < 1.29 is 17.9 Å². The molecule has 1 aromatic heterocycles. The Balaban J connectivity index is 1.18. The summed E-state index contributed by atoms with van der Waals surface area (Å²) < 4.78 is 41.9. The topological polar surface area (TPSA) is 76.4 Å². The molecule has 0 N–H and O–H groups in total. The van der Waals surface area contributed by atoms with Crippen LogP contribution < -0.4 is 9.54 Å². The number of nitrogens with zero attached hydrogens (tertiary/aromatic N) is 4. The zero-order valence-electron chi connectivity index (χ0n) is 25.9. The maximum absolute atomic E-state index is 13.6. The molecular formula is C35H42N4O4S2. The van der Waals surface area contributed by atoms with Gasteiger partial charge in [0.05, 0.1) is 36.6 Å². The predicted octanol–water partition coefficient (Wildman–Crippen LogP) is 5.82. The number of methoxy groups -OCH3 is 1. The van der Waals surface area contributed by atoms with Crippen LogP contribution in [-0.4, -0.2) is 75.2 Å². The molecular weight excluding hydrogens is 605 g/mol. The SMILES string of the molecule is COc1ccc(N=c2scc(-c3ccc(S(=O)(=O)N4CCC(Cc5ccccc5)CC4)cc3)n2CCCN2CCOCC2)cc1. The lowest BCUT2D eigenvalue weighted by atomic mass is 9.91. The molecule has 0 bridgehead atoms. The third-order valence-electron chi connectivity index (χ3n) is 8.78. The van der Waals surface area contributed by atoms with Gasteiger partial charge in [0.2, 0.25) is 10.0 Å². The Morgan fingerprint density at radius 2 is 1.60 bits per heavy atom. The van der Waals surface area contributed by atoms with Gasteiger partial charge in [0.1, 0.15) is 5.75 Å². The average molecular weight is 647 g/mol. The minimum Gasteiger partial charge on any atom is -0.497 e. The number of benzene rings is 3. The molecule has 6 rings (SSSR count). The molecule has 3 heterocycles. The molecule has 0 unspecified atom stereocenters. The molecule has 0 amide bonds. The first-order chi connectivity index (χ1) is 22.0. The second-order valence-electron chi connectivity index (χ2n) is 11.7. The molecule has 0 spiro atoms. The summed E-state index contributed by atoms with van der Waals surface area (Å²) in [7, 11) is -1.89. The van der Waals surface area contributed by atoms with Crippen LogP contribution in [0.15, 0.2) is 94.1 Å². The number of piperidine rings is 1. The van der Waals surface area contributed by atoms with Crippen LogP contribution in [0.25, 0.3) is 11.3 Å². The van der Waals surface area contributed by atoms with Crippen molar-refractivity contribution in [3.63, 3.8) is 0 Å². The van der Waals surface area contributed by atoms with Gasteiger partial charge >= 0.3 is 0 Å². The van der Waals surface area contributed by atoms with Gasteiger partial charge in [0, 0.05) is 44.6 Å². The van der Waals surface area contributed by atoms with E-state index in [9.17, 15) is 8.42 Å². The van der Waals surface area contributed by atoms with Gasteiger partial charge in [-0.25, -0.2) is 13.4 Å². The van der Waals surface area contributed by atoms with Gasteiger partial charge in [0.25, 0.3) is 0 Å². The van der Waals surface area contributed by atoms with E-state index in [1.165, 1.54) is 5.56 Å². The molecule has 3 aromatic carbocycles. The molecule has 0 aliphatic carbocycles. The van der Waals surface area contributed by atoms with Crippen molar-refractivity contribution in [2.24, 2.45) is 10.9 Å². The van der Waals surface area contributed by atoms with E-state index in [0.717, 1.165) is 92.6 Å². The molecule has 4 aromatic rings. The number of sulfonamides is 1. The summed E-state index contributed by atoms with van der Waals surface area (Å²) in [4.78, 5) is 8.67. The first-order valence-corrected chi connectivity index (χ1v) is 18.1. The smallest absolute Gasteiger partial charge is 0.243 e. The quantitative estimate of drug-likeness (QED) is 0.205. The molecule has 0 radical (unpaired) electrons. The maximum atomic E-state index is 13.6. The zero-order chi connectivity index (χ0) is 31.1. The van der Waals surface area contributed by atoms with Crippen molar-refractivity contribution in [2.75, 3.05) is 53.0 Å². The Morgan fingerprint density at radius 3 is 2.29 bits per heavy atom. The second kappa shape index (κ2) is 14.9. The molecule has 238 valence electrons. The number of rotatable bonds is 11. The number of hydrogen-bond donors (Lipinski definition) is 0. The minimum absolute atomic E-state index is 0.352. The molecule has 2 aliphatic rings. The van der Waals surface area contributed by atoms with Gasteiger partial charge in [-0.1, -0.05) is 42.5 Å². The molecule has 0 atom stereocenters. The van der Waals surface area contributed by atoms with E-state index < -0.39 is 10.0 Å². The Bertz CT molecular complexity index is 1690. The van der Waals surface area contributed by atoms with Crippen molar-refractivity contribution in [2.45, 2.75) is 37.1 Å². The van der Waals surface area contributed by atoms with Gasteiger partial charge in [-0.05, 0) is 79.1 Å². The highest BCUT2D eigenvalue weighted by molar-refractivity contribution is 7.89. The number of ether oxygens (including phenoxy) is 2. The van der Waals surface area contributed by atoms with Gasteiger partial charge in [-0.15, -0.1) is 11.3 Å². The summed E-state index contributed by atoms with van der Waals surface area (Å²) in [6.07, 6.45) is 3.74. The lowest BCUT2D eigenvalue weighted by Crippen LogP contribution is -2.38. The highest BCUT2D eigenvalue weighted by Crippen LogP contribution is 2.28. The Hall–Kier alpha value is -3.28. The Kier molecular flexibility index (Phi) is 10.5. The van der Waals surface area contributed by atoms with Crippen LogP contribution in [0.4, 0.5) is 5.69 Å². The molecule has 0 saturated carbocycles. The summed E-state index contributed by atoms with van der Waals surface area (Å²) >= 11 is 1.60. The molecule has 45 heavy (non-hydrogen) atoms. The summed E-state index contributed by atoms with van der Waals surface area (Å²) in [5, 5.41) is 2.12. The maximum Gasteiger partial charge on any atom is 0.243 e. The third kappa shape index (κ3) is 7.93. The lowest BCUT2D eigenvalue weighted by Gasteiger charge is -2.31. The summed E-state index contributed by atoms with van der Waals surface area (Å²) in [5.74, 6) is 1.31. The van der Waals surface area contributed by atoms with E-state index in [2.05, 4.69) is 39.1 Å². The van der Waals surface area contributed by atoms with Crippen LogP contribution in [0, 0.1) is 5.92 Å². The Morgan fingerprint density at radius 1 is 0.889 bits per heavy atom. The second-order valence-corrected chi connectivity index (χ2v) is 14.5. The van der Waals surface area contributed by atoms with E-state index in [0.29, 0.717) is 23.9 Å². The first-order valence-electron chi connectivity index (χ1n) is 15.8. The van der Waals surface area contributed by atoms with E-state index in [1.54, 1.807) is 34.9 Å². The Labute approximate surface area is 270 Å². The van der Waals surface area contributed by atoms with Crippen LogP contribution in [0.1, 0.15) is 24.8 Å². The standard InChI is InChI=1S/C35H42N4O4S2/c1-42-32-12-10-31(11-13-32)36-35-39(19-5-18-37-22-24-43-25-23-37)34(27-44-35)30-8-14-33(15-9-30)45(40,41)38-20-16-29(17-21-38)26-28-6-3-2-4-7-28/h2-4,6-15,27,29H,5,16-26H2,1H3. The fourth-order valence-corrected chi connectivity index (χ4v) is 8.58. The van der Waals surface area contributed by atoms with Crippen molar-refractivity contribution in [1.29, 1.82) is 0 Å². The van der Waals surface area contributed by atoms with Crippen LogP contribution in [0.5, 0.6) is 5.75 Å². The first kappa shape index (κ1) is 31.7. The summed E-state index contributed by atoms with van der Waals surface area (Å²) in [6, 6.07) is 25.6. The van der Waals surface area contributed by atoms with E-state index in [4.69, 9.17) is 14.5 Å². The van der Waals surface area contributed by atoms with Gasteiger partial charge in [0.15, 0.2) is 4.80 Å². The van der Waals surface area contributed by atoms with Gasteiger partial charge in [-0.3, -0.25) is 4.90 Å². The molecule has 2 fully saturated rings. The highest BCUT2D eigenvalue weighted by atomic mass is 32.2. The van der Waals surface area contributed by atoms with Crippen LogP contribution >= 0.6 is 11.3 Å². The monoisotopic (exact) mass is 646 g/mol. The largest absolute Gasteiger partial charge is 0.497 e. The van der Waals surface area contributed by atoms with E-state index >= 15 is 0 Å². The lowest BCUT2D eigenvalue weighted by molar-refractivity contribution is 0.0369. The van der Waals surface area contributed by atoms with E-state index in [1.807, 2.05) is 42.5 Å². The van der Waals surface area contributed by atoms with Crippen molar-refractivity contribution in [3.05, 3.63) is 94.6 Å². The summed E-state index contributed by atoms with van der Waals surface area (Å²) in [6.45, 7) is 6.43. The molecule has 10 heteroatoms. The van der Waals surface area contributed by atoms with E-state index in [-0.39, 0.29) is 0 Å². The summed E-state index contributed by atoms with van der Waals surface area (Å²) in [5.41, 5.74) is 4.20. The number of morpholine rings is 1. The predicted molar refractivity (Wildman–Crippen MR) is 179 cm³/mol. The van der Waals surface area contributed by atoms with Crippen LogP contribution in [-0.2, 0) is 27.7 Å². The average Bonchev–Trinajstić information content (AvgIpc) is 3.48. The van der Waals surface area contributed by atoms with Crippen LogP contribution in [0.2, 0.25) is 0 Å². The van der Waals surface area contributed by atoms with Crippen molar-refractivity contribution in [3.8, 4) is 17.0 Å². The number of aromatic nitrogens is 1. The third-order valence-corrected chi connectivity index (χ3v) is 11.6.